The largest absolute Gasteiger partial charge is 0.497 e. The number of ketones is 1. The summed E-state index contributed by atoms with van der Waals surface area (Å²) in [6.07, 6.45) is 3.56. The molecule has 0 saturated heterocycles. The highest BCUT2D eigenvalue weighted by Gasteiger charge is 2.14. The summed E-state index contributed by atoms with van der Waals surface area (Å²) in [7, 11) is 1.62. The molecular formula is C22H20N4O4. The molecule has 3 aromatic heterocycles. The van der Waals surface area contributed by atoms with Crippen LogP contribution in [0.15, 0.2) is 59.3 Å². The molecule has 0 aliphatic heterocycles. The van der Waals surface area contributed by atoms with E-state index in [1.54, 1.807) is 44.7 Å². The number of hydrogen-bond donors (Lipinski definition) is 1. The number of methoxy groups -OCH3 is 1. The third kappa shape index (κ3) is 4.07. The topological polar surface area (TPSA) is 99.4 Å². The summed E-state index contributed by atoms with van der Waals surface area (Å²) in [6, 6.07) is 12.8. The lowest BCUT2D eigenvalue weighted by Gasteiger charge is -2.09. The van der Waals surface area contributed by atoms with E-state index >= 15 is 0 Å². The zero-order valence-corrected chi connectivity index (χ0v) is 16.6. The van der Waals surface area contributed by atoms with Crippen LogP contribution in [-0.2, 0) is 6.61 Å². The van der Waals surface area contributed by atoms with E-state index in [-0.39, 0.29) is 18.3 Å². The minimum atomic E-state index is -0.0148. The van der Waals surface area contributed by atoms with Crippen molar-refractivity contribution in [1.82, 2.24) is 15.2 Å². The molecular weight excluding hydrogens is 384 g/mol. The molecule has 8 nitrogen and oxygen atoms in total. The van der Waals surface area contributed by atoms with Gasteiger partial charge in [0.1, 0.15) is 18.1 Å². The van der Waals surface area contributed by atoms with Crippen molar-refractivity contribution >= 4 is 28.3 Å². The van der Waals surface area contributed by atoms with Gasteiger partial charge in [0, 0.05) is 18.3 Å². The second kappa shape index (κ2) is 8.60. The maximum absolute atomic E-state index is 11.8. The molecule has 1 N–H and O–H groups in total. The van der Waals surface area contributed by atoms with Crippen molar-refractivity contribution < 1.29 is 18.7 Å². The standard InChI is InChI=1S/C22H20N4O4/c1-3-19(27)18-12-14(8-10-23-18)13-30-22-20-17(9-11-29-20)21(25-26-22)24-15-4-6-16(28-2)7-5-15/h4-12H,3,13H2,1-2H3,(H,24,25). The lowest BCUT2D eigenvalue weighted by Crippen LogP contribution is -2.04. The first-order valence-electron chi connectivity index (χ1n) is 9.44. The fraction of sp³-hybridized carbons (Fsp3) is 0.182. The van der Waals surface area contributed by atoms with E-state index in [1.807, 2.05) is 24.3 Å². The van der Waals surface area contributed by atoms with Crippen molar-refractivity contribution in [2.45, 2.75) is 20.0 Å². The Morgan fingerprint density at radius 3 is 2.73 bits per heavy atom. The number of nitrogens with one attached hydrogen (secondary N) is 1. The minimum Gasteiger partial charge on any atom is -0.497 e. The lowest BCUT2D eigenvalue weighted by atomic mass is 10.1. The highest BCUT2D eigenvalue weighted by molar-refractivity contribution is 5.94. The SMILES string of the molecule is CCC(=O)c1cc(COc2nnc(Nc3ccc(OC)cc3)c3ccoc23)ccn1. The Morgan fingerprint density at radius 2 is 1.97 bits per heavy atom. The number of pyridine rings is 1. The predicted octanol–water partition coefficient (Wildman–Crippen LogP) is 4.54. The monoisotopic (exact) mass is 404 g/mol. The molecule has 30 heavy (non-hydrogen) atoms. The Labute approximate surface area is 172 Å². The number of hydrogen-bond acceptors (Lipinski definition) is 8. The van der Waals surface area contributed by atoms with E-state index in [0.29, 0.717) is 23.5 Å². The minimum absolute atomic E-state index is 0.0148. The van der Waals surface area contributed by atoms with Crippen molar-refractivity contribution in [3.63, 3.8) is 0 Å². The molecule has 0 bridgehead atoms. The maximum Gasteiger partial charge on any atom is 0.278 e. The van der Waals surface area contributed by atoms with Crippen molar-refractivity contribution in [3.05, 3.63) is 66.2 Å². The Morgan fingerprint density at radius 1 is 1.13 bits per heavy atom. The van der Waals surface area contributed by atoms with Gasteiger partial charge in [-0.15, -0.1) is 10.2 Å². The zero-order valence-electron chi connectivity index (χ0n) is 16.6. The van der Waals surface area contributed by atoms with Gasteiger partial charge in [0.05, 0.1) is 18.8 Å². The normalized spacial score (nSPS) is 10.7. The first kappa shape index (κ1) is 19.4. The summed E-state index contributed by atoms with van der Waals surface area (Å²) in [5, 5.41) is 12.4. The smallest absolute Gasteiger partial charge is 0.278 e. The highest BCUT2D eigenvalue weighted by atomic mass is 16.5. The average molecular weight is 404 g/mol. The zero-order chi connectivity index (χ0) is 20.9. The second-order valence-electron chi connectivity index (χ2n) is 6.49. The Bertz CT molecular complexity index is 1170. The van der Waals surface area contributed by atoms with Crippen molar-refractivity contribution in [3.8, 4) is 11.6 Å². The van der Waals surface area contributed by atoms with Crippen LogP contribution < -0.4 is 14.8 Å². The van der Waals surface area contributed by atoms with Crippen molar-refractivity contribution in [2.75, 3.05) is 12.4 Å². The van der Waals surface area contributed by atoms with Crippen LogP contribution in [0, 0.1) is 0 Å². The number of fused-ring (bicyclic) bond motifs is 1. The van der Waals surface area contributed by atoms with Crippen molar-refractivity contribution in [1.29, 1.82) is 0 Å². The van der Waals surface area contributed by atoms with E-state index in [9.17, 15) is 4.79 Å². The first-order valence-corrected chi connectivity index (χ1v) is 9.44. The number of Topliss-reactive ketones (excluding diaryl/α,β-unsaturated/α-hetero) is 1. The number of ether oxygens (including phenoxy) is 2. The molecule has 152 valence electrons. The summed E-state index contributed by atoms with van der Waals surface area (Å²) in [4.78, 5) is 16.0. The number of rotatable bonds is 8. The molecule has 0 unspecified atom stereocenters. The molecule has 8 heteroatoms. The summed E-state index contributed by atoms with van der Waals surface area (Å²) in [6.45, 7) is 2.01. The molecule has 1 aromatic carbocycles. The number of carbonyl (C=O) groups excluding carboxylic acids is 1. The van der Waals surface area contributed by atoms with Crippen LogP contribution >= 0.6 is 0 Å². The van der Waals surface area contributed by atoms with E-state index in [0.717, 1.165) is 22.4 Å². The Kier molecular flexibility index (Phi) is 5.56. The van der Waals surface area contributed by atoms with Gasteiger partial charge in [-0.2, -0.15) is 0 Å². The summed E-state index contributed by atoms with van der Waals surface area (Å²) in [5.74, 6) is 1.58. The van der Waals surface area contributed by atoms with Crippen LogP contribution in [-0.4, -0.2) is 28.1 Å². The first-order chi connectivity index (χ1) is 14.7. The van der Waals surface area contributed by atoms with Crippen molar-refractivity contribution in [2.24, 2.45) is 0 Å². The van der Waals surface area contributed by atoms with Crippen LogP contribution in [0.1, 0.15) is 29.4 Å². The summed E-state index contributed by atoms with van der Waals surface area (Å²) < 4.78 is 16.6. The Balaban J connectivity index is 1.53. The predicted molar refractivity (Wildman–Crippen MR) is 111 cm³/mol. The van der Waals surface area contributed by atoms with Gasteiger partial charge in [0.25, 0.3) is 5.88 Å². The Hall–Kier alpha value is -3.94. The molecule has 0 aliphatic rings. The number of furan rings is 1. The molecule has 0 amide bonds. The number of anilines is 2. The van der Waals surface area contributed by atoms with Crippen LogP contribution in [0.4, 0.5) is 11.5 Å². The number of carbonyl (C=O) groups is 1. The molecule has 4 rings (SSSR count). The number of benzene rings is 1. The number of aromatic nitrogens is 3. The number of nitrogens with zero attached hydrogens (tertiary/aromatic N) is 3. The average Bonchev–Trinajstić information content (AvgIpc) is 3.29. The van der Waals surface area contributed by atoms with Gasteiger partial charge >= 0.3 is 0 Å². The van der Waals surface area contributed by atoms with Gasteiger partial charge in [-0.05, 0) is 48.0 Å². The van der Waals surface area contributed by atoms with E-state index in [1.165, 1.54) is 0 Å². The fourth-order valence-corrected chi connectivity index (χ4v) is 2.90. The summed E-state index contributed by atoms with van der Waals surface area (Å²) in [5.41, 5.74) is 2.56. The van der Waals surface area contributed by atoms with E-state index in [4.69, 9.17) is 13.9 Å². The highest BCUT2D eigenvalue weighted by Crippen LogP contribution is 2.31. The van der Waals surface area contributed by atoms with E-state index in [2.05, 4.69) is 20.5 Å². The van der Waals surface area contributed by atoms with Crippen LogP contribution in [0.3, 0.4) is 0 Å². The van der Waals surface area contributed by atoms with Gasteiger partial charge in [-0.25, -0.2) is 0 Å². The quantitative estimate of drug-likeness (QED) is 0.427. The molecule has 4 aromatic rings. The molecule has 0 radical (unpaired) electrons. The summed E-state index contributed by atoms with van der Waals surface area (Å²) >= 11 is 0. The maximum atomic E-state index is 11.8. The molecule has 0 atom stereocenters. The fourth-order valence-electron chi connectivity index (χ4n) is 2.90. The molecule has 0 fully saturated rings. The second-order valence-corrected chi connectivity index (χ2v) is 6.49. The molecule has 0 saturated carbocycles. The van der Waals surface area contributed by atoms with E-state index < -0.39 is 0 Å². The molecule has 0 aliphatic carbocycles. The van der Waals surface area contributed by atoms with Crippen LogP contribution in [0.5, 0.6) is 11.6 Å². The van der Waals surface area contributed by atoms with Gasteiger partial charge < -0.3 is 19.2 Å². The van der Waals surface area contributed by atoms with Crippen LogP contribution in [0.25, 0.3) is 11.0 Å². The van der Waals surface area contributed by atoms with Crippen LogP contribution in [0.2, 0.25) is 0 Å². The van der Waals surface area contributed by atoms with Gasteiger partial charge in [0.15, 0.2) is 11.6 Å². The molecule has 3 heterocycles. The molecule has 0 spiro atoms. The van der Waals surface area contributed by atoms with Gasteiger partial charge in [-0.1, -0.05) is 6.92 Å². The third-order valence-corrected chi connectivity index (χ3v) is 4.51. The third-order valence-electron chi connectivity index (χ3n) is 4.51. The van der Waals surface area contributed by atoms with Gasteiger partial charge in [0.2, 0.25) is 5.58 Å². The lowest BCUT2D eigenvalue weighted by molar-refractivity contribution is 0.0983. The van der Waals surface area contributed by atoms with Gasteiger partial charge in [-0.3, -0.25) is 9.78 Å².